The van der Waals surface area contributed by atoms with Crippen LogP contribution in [-0.2, 0) is 38.0 Å². The third kappa shape index (κ3) is 14.0. The molecular formula is C67H66F14. The molecular weight excluding hydrogens is 1070 g/mol. The fraction of sp³-hybridized carbons (Fsp3) is 0.343. The first-order valence-electron chi connectivity index (χ1n) is 26.8. The lowest BCUT2D eigenvalue weighted by Crippen LogP contribution is -2.19. The lowest BCUT2D eigenvalue weighted by molar-refractivity contribution is -0.0481. The van der Waals surface area contributed by atoms with Gasteiger partial charge in [-0.3, -0.25) is 0 Å². The number of hydrogen-bond donors (Lipinski definition) is 0. The number of alkyl halides is 2. The Morgan fingerprint density at radius 1 is 0.333 bits per heavy atom. The molecule has 81 heavy (non-hydrogen) atoms. The molecule has 0 bridgehead atoms. The van der Waals surface area contributed by atoms with E-state index in [2.05, 4.69) is 52.0 Å². The van der Waals surface area contributed by atoms with E-state index < -0.39 is 87.2 Å². The molecule has 0 spiro atoms. The van der Waals surface area contributed by atoms with Crippen molar-refractivity contribution in [2.75, 3.05) is 0 Å². The number of fused-ring (bicyclic) bond motifs is 5. The molecule has 0 fully saturated rings. The van der Waals surface area contributed by atoms with E-state index in [-0.39, 0.29) is 39.4 Å². The predicted octanol–water partition coefficient (Wildman–Crippen LogP) is 20.4. The van der Waals surface area contributed by atoms with Gasteiger partial charge >= 0.3 is 0 Å². The lowest BCUT2D eigenvalue weighted by Gasteiger charge is -2.22. The van der Waals surface area contributed by atoms with Gasteiger partial charge in [-0.1, -0.05) is 98.6 Å². The summed E-state index contributed by atoms with van der Waals surface area (Å²) in [5.41, 5.74) is 7.26. The van der Waals surface area contributed by atoms with Crippen LogP contribution in [0.25, 0.3) is 21.5 Å². The summed E-state index contributed by atoms with van der Waals surface area (Å²) in [5.74, 6) is -14.0. The fourth-order valence-electron chi connectivity index (χ4n) is 10.2. The highest BCUT2D eigenvalue weighted by Gasteiger charge is 2.49. The Bertz CT molecular complexity index is 3420. The van der Waals surface area contributed by atoms with Crippen molar-refractivity contribution in [3.8, 4) is 0 Å². The molecule has 0 heterocycles. The van der Waals surface area contributed by atoms with Crippen LogP contribution in [0.15, 0.2) is 78.9 Å². The quantitative estimate of drug-likeness (QED) is 0.133. The Labute approximate surface area is 465 Å². The fourth-order valence-corrected chi connectivity index (χ4v) is 10.2. The summed E-state index contributed by atoms with van der Waals surface area (Å²) in [4.78, 5) is 0. The molecule has 8 aromatic rings. The molecule has 0 aromatic heterocycles. The van der Waals surface area contributed by atoms with Crippen molar-refractivity contribution >= 4 is 21.5 Å². The maximum Gasteiger partial charge on any atom is 0.279 e. The molecule has 0 saturated carbocycles. The zero-order valence-corrected chi connectivity index (χ0v) is 47.5. The van der Waals surface area contributed by atoms with E-state index in [1.165, 1.54) is 70.9 Å². The summed E-state index contributed by atoms with van der Waals surface area (Å²) in [6.07, 6.45) is 5.38. The Hall–Kier alpha value is -6.70. The summed E-state index contributed by atoms with van der Waals surface area (Å²) in [5, 5.41) is 0.236. The van der Waals surface area contributed by atoms with E-state index in [1.54, 1.807) is 50.2 Å². The first kappa shape index (κ1) is 63.5. The number of aryl methyl sites for hydroxylation is 11. The van der Waals surface area contributed by atoms with Crippen molar-refractivity contribution in [3.05, 3.63) is 232 Å². The summed E-state index contributed by atoms with van der Waals surface area (Å²) in [6.45, 7) is 20.3. The van der Waals surface area contributed by atoms with Crippen molar-refractivity contribution in [1.82, 2.24) is 0 Å². The van der Waals surface area contributed by atoms with Gasteiger partial charge in [-0.15, -0.1) is 0 Å². The second-order valence-electron chi connectivity index (χ2n) is 22.1. The number of rotatable bonds is 0. The molecule has 3 unspecified atom stereocenters. The van der Waals surface area contributed by atoms with Gasteiger partial charge in [-0.2, -0.15) is 0 Å². The molecule has 0 N–H and O–H groups in total. The maximum absolute atomic E-state index is 13.6. The van der Waals surface area contributed by atoms with Crippen LogP contribution in [0.5, 0.6) is 0 Å². The van der Waals surface area contributed by atoms with Crippen LogP contribution < -0.4 is 0 Å². The van der Waals surface area contributed by atoms with E-state index in [0.717, 1.165) is 36.8 Å². The van der Waals surface area contributed by atoms with Crippen molar-refractivity contribution in [2.45, 2.75) is 134 Å². The molecule has 3 aliphatic carbocycles. The molecule has 432 valence electrons. The van der Waals surface area contributed by atoms with Crippen molar-refractivity contribution in [3.63, 3.8) is 0 Å². The zero-order valence-electron chi connectivity index (χ0n) is 47.5. The van der Waals surface area contributed by atoms with Gasteiger partial charge in [0, 0.05) is 5.92 Å². The number of hydrogen-bond acceptors (Lipinski definition) is 0. The minimum Gasteiger partial charge on any atom is -0.206 e. The van der Waals surface area contributed by atoms with Crippen LogP contribution in [0.3, 0.4) is 0 Å². The molecule has 0 saturated heterocycles. The van der Waals surface area contributed by atoms with Gasteiger partial charge in [0.15, 0.2) is 58.2 Å². The van der Waals surface area contributed by atoms with Gasteiger partial charge in [0.25, 0.3) is 5.92 Å². The standard InChI is InChI=1S/2C12H9F3.2C12H14F2.C11H10F4.C8H10/c2*1-6-3-4-8-5-7(2)11(14)12(15)9(8)10(6)13;2*1-7-3-4-9-6-8(2)11(13)12(14)10(9)5-7;1-5-3-7-4-6(2)11(14,15)8(7)10(13)9(5)12;1-7-3-5-8(2)6-4-7/h2*3-5H,1-2H3;2*6-7H,3-5H2,1-2H3;3,6H,4H2,1-2H3;3-6H,1-2H3. The molecule has 14 heteroatoms. The Morgan fingerprint density at radius 3 is 1.02 bits per heavy atom. The van der Waals surface area contributed by atoms with Gasteiger partial charge < -0.3 is 0 Å². The van der Waals surface area contributed by atoms with Crippen LogP contribution >= 0.6 is 0 Å². The third-order valence-corrected chi connectivity index (χ3v) is 15.2. The van der Waals surface area contributed by atoms with Crippen LogP contribution in [0.1, 0.15) is 117 Å². The largest absolute Gasteiger partial charge is 0.279 e. The predicted molar refractivity (Wildman–Crippen MR) is 295 cm³/mol. The zero-order chi connectivity index (χ0) is 60.3. The molecule has 3 aliphatic rings. The van der Waals surface area contributed by atoms with Crippen LogP contribution in [0.2, 0.25) is 0 Å². The monoisotopic (exact) mass is 1140 g/mol. The number of halogens is 14. The second-order valence-corrected chi connectivity index (χ2v) is 22.1. The van der Waals surface area contributed by atoms with Crippen LogP contribution in [0.4, 0.5) is 61.5 Å². The summed E-state index contributed by atoms with van der Waals surface area (Å²) in [7, 11) is 0. The minimum absolute atomic E-state index is 0.0798. The third-order valence-electron chi connectivity index (χ3n) is 15.2. The number of benzene rings is 8. The van der Waals surface area contributed by atoms with Crippen LogP contribution in [0, 0.1) is 150 Å². The van der Waals surface area contributed by atoms with Gasteiger partial charge in [-0.25, -0.2) is 61.5 Å². The maximum atomic E-state index is 13.6. The van der Waals surface area contributed by atoms with Crippen molar-refractivity contribution in [2.24, 2.45) is 17.8 Å². The first-order valence-corrected chi connectivity index (χ1v) is 26.8. The minimum atomic E-state index is -3.26. The molecule has 3 atom stereocenters. The first-order chi connectivity index (χ1) is 37.9. The Balaban J connectivity index is 0.000000158. The summed E-state index contributed by atoms with van der Waals surface area (Å²) in [6, 6.07) is 22.5. The Kier molecular flexibility index (Phi) is 20.4. The molecule has 0 nitrogen and oxygen atoms in total. The summed E-state index contributed by atoms with van der Waals surface area (Å²) < 4.78 is 188. The molecule has 0 radical (unpaired) electrons. The van der Waals surface area contributed by atoms with Gasteiger partial charge in [0.2, 0.25) is 0 Å². The highest BCUT2D eigenvalue weighted by Crippen LogP contribution is 2.48. The van der Waals surface area contributed by atoms with E-state index >= 15 is 0 Å². The van der Waals surface area contributed by atoms with Gasteiger partial charge in [-0.05, 0) is 209 Å². The SMILES string of the molecule is Cc1cc2c(c(F)c1F)C(F)(F)C(C)C2.Cc1cc2c(c(F)c1F)CC(C)CC2.Cc1cc2c(c(F)c1F)CC(C)CC2.Cc1cc2ccc(C)c(F)c2c(F)c1F.Cc1cc2ccc(C)c(F)c2c(F)c1F.Cc1ccc(C)cc1. The highest BCUT2D eigenvalue weighted by atomic mass is 19.3. The molecule has 11 rings (SSSR count). The van der Waals surface area contributed by atoms with Crippen molar-refractivity contribution in [1.29, 1.82) is 0 Å². The van der Waals surface area contributed by atoms with Gasteiger partial charge in [0.1, 0.15) is 11.6 Å². The average Bonchev–Trinajstić information content (AvgIpc) is 3.65. The van der Waals surface area contributed by atoms with E-state index in [0.29, 0.717) is 68.8 Å². The Morgan fingerprint density at radius 2 is 0.654 bits per heavy atom. The molecule has 8 aromatic carbocycles. The van der Waals surface area contributed by atoms with Crippen LogP contribution in [-0.4, -0.2) is 0 Å². The van der Waals surface area contributed by atoms with Crippen molar-refractivity contribution < 1.29 is 61.5 Å². The summed E-state index contributed by atoms with van der Waals surface area (Å²) >= 11 is 0. The molecule has 0 amide bonds. The average molecular weight is 1140 g/mol. The van der Waals surface area contributed by atoms with E-state index in [4.69, 9.17) is 0 Å². The van der Waals surface area contributed by atoms with E-state index in [9.17, 15) is 61.5 Å². The highest BCUT2D eigenvalue weighted by molar-refractivity contribution is 5.86. The smallest absolute Gasteiger partial charge is 0.206 e. The van der Waals surface area contributed by atoms with Gasteiger partial charge in [0.05, 0.1) is 16.3 Å². The molecule has 0 aliphatic heterocycles. The normalized spacial score (nSPS) is 16.4. The topological polar surface area (TPSA) is 0 Å². The lowest BCUT2D eigenvalue weighted by atomic mass is 9.84. The second kappa shape index (κ2) is 26.0. The van der Waals surface area contributed by atoms with E-state index in [1.807, 2.05) is 0 Å².